The van der Waals surface area contributed by atoms with Crippen molar-refractivity contribution in [2.24, 2.45) is 0 Å². The highest BCUT2D eigenvalue weighted by Gasteiger charge is 2.19. The minimum absolute atomic E-state index is 0.0854. The quantitative estimate of drug-likeness (QED) is 0.0261. The fraction of sp³-hybridized carbons (Fsp3) is 0.732. The molecule has 0 radical (unpaired) electrons. The number of hydrogen-bond acceptors (Lipinski definition) is 6. The van der Waals surface area contributed by atoms with Gasteiger partial charge in [0.05, 0.1) is 0 Å². The number of hydrogen-bond donors (Lipinski definition) is 0. The van der Waals surface area contributed by atoms with E-state index in [2.05, 4.69) is 118 Å². The molecule has 0 aromatic rings. The Bertz CT molecular complexity index is 1510. The molecule has 0 spiro atoms. The molecule has 0 bridgehead atoms. The number of allylic oxidation sites excluding steroid dienone is 16. The Morgan fingerprint density at radius 1 is 0.273 bits per heavy atom. The van der Waals surface area contributed by atoms with Gasteiger partial charge in [0, 0.05) is 19.3 Å². The number of ether oxygens (including phenoxy) is 3. The van der Waals surface area contributed by atoms with Crippen molar-refractivity contribution in [3.63, 3.8) is 0 Å². The maximum atomic E-state index is 12.9. The van der Waals surface area contributed by atoms with Gasteiger partial charge < -0.3 is 14.2 Å². The zero-order chi connectivity index (χ0) is 55.7. The second kappa shape index (κ2) is 64.9. The van der Waals surface area contributed by atoms with Crippen molar-refractivity contribution < 1.29 is 28.6 Å². The summed E-state index contributed by atoms with van der Waals surface area (Å²) in [5.74, 6) is -0.897. The molecular weight excluding hydrogens is 949 g/mol. The third-order valence-corrected chi connectivity index (χ3v) is 14.0. The van der Waals surface area contributed by atoms with Gasteiger partial charge >= 0.3 is 17.9 Å². The molecule has 0 saturated heterocycles. The summed E-state index contributed by atoms with van der Waals surface area (Å²) in [7, 11) is 0. The maximum absolute atomic E-state index is 12.9. The number of unbranched alkanes of at least 4 members (excludes halogenated alkanes) is 32. The van der Waals surface area contributed by atoms with Crippen LogP contribution in [0.25, 0.3) is 0 Å². The van der Waals surface area contributed by atoms with Crippen molar-refractivity contribution in [3.8, 4) is 0 Å². The Morgan fingerprint density at radius 3 is 0.818 bits per heavy atom. The Labute approximate surface area is 477 Å². The molecule has 0 heterocycles. The first-order valence-corrected chi connectivity index (χ1v) is 32.7. The van der Waals surface area contributed by atoms with E-state index >= 15 is 0 Å². The van der Waals surface area contributed by atoms with E-state index in [4.69, 9.17) is 14.2 Å². The normalized spacial score (nSPS) is 12.7. The Hall–Kier alpha value is -3.67. The van der Waals surface area contributed by atoms with Crippen molar-refractivity contribution in [2.45, 2.75) is 322 Å². The van der Waals surface area contributed by atoms with E-state index in [1.54, 1.807) is 0 Å². The first-order chi connectivity index (χ1) is 38.0. The lowest BCUT2D eigenvalue weighted by Gasteiger charge is -2.18. The monoisotopic (exact) mass is 1070 g/mol. The van der Waals surface area contributed by atoms with Crippen molar-refractivity contribution in [3.05, 3.63) is 97.2 Å². The first-order valence-electron chi connectivity index (χ1n) is 32.7. The summed E-state index contributed by atoms with van der Waals surface area (Å²) in [4.78, 5) is 38.4. The minimum Gasteiger partial charge on any atom is -0.462 e. The highest BCUT2D eigenvalue weighted by molar-refractivity contribution is 5.71. The van der Waals surface area contributed by atoms with Gasteiger partial charge in [0.15, 0.2) is 6.10 Å². The average Bonchev–Trinajstić information content (AvgIpc) is 3.43. The summed E-state index contributed by atoms with van der Waals surface area (Å²) >= 11 is 0. The minimum atomic E-state index is -0.790. The molecule has 0 fully saturated rings. The van der Waals surface area contributed by atoms with Crippen LogP contribution < -0.4 is 0 Å². The van der Waals surface area contributed by atoms with E-state index in [1.807, 2.05) is 0 Å². The molecule has 0 rings (SSSR count). The summed E-state index contributed by atoms with van der Waals surface area (Å²) < 4.78 is 16.9. The van der Waals surface area contributed by atoms with Crippen molar-refractivity contribution in [2.75, 3.05) is 13.2 Å². The SMILES string of the molecule is CC/C=C\C/C=C\C/C=C\C/C=C\CCCCCCCCCCCCC(=O)OCC(COC(=O)CCCCCCC/C=C\C/C=C\CCCCC)OC(=O)CCCCCCCCCCC/C=C\C/C=C\CCCCCCC. The molecule has 0 aliphatic carbocycles. The molecular formula is C71H122O6. The van der Waals surface area contributed by atoms with Gasteiger partial charge in [-0.15, -0.1) is 0 Å². The summed E-state index contributed by atoms with van der Waals surface area (Å²) in [6.07, 6.45) is 86.9. The van der Waals surface area contributed by atoms with Crippen LogP contribution >= 0.6 is 0 Å². The molecule has 0 N–H and O–H groups in total. The lowest BCUT2D eigenvalue weighted by atomic mass is 10.1. The Kier molecular flexibility index (Phi) is 61.8. The van der Waals surface area contributed by atoms with Gasteiger partial charge in [-0.1, -0.05) is 272 Å². The summed E-state index contributed by atoms with van der Waals surface area (Å²) in [6, 6.07) is 0. The zero-order valence-corrected chi connectivity index (χ0v) is 50.7. The van der Waals surface area contributed by atoms with Gasteiger partial charge in [-0.25, -0.2) is 0 Å². The number of esters is 3. The van der Waals surface area contributed by atoms with E-state index in [0.717, 1.165) is 109 Å². The predicted octanol–water partition coefficient (Wildman–Crippen LogP) is 22.4. The van der Waals surface area contributed by atoms with E-state index in [9.17, 15) is 14.4 Å². The fourth-order valence-electron chi connectivity index (χ4n) is 9.14. The maximum Gasteiger partial charge on any atom is 0.306 e. The third kappa shape index (κ3) is 63.0. The molecule has 0 aromatic heterocycles. The second-order valence-corrected chi connectivity index (χ2v) is 21.6. The van der Waals surface area contributed by atoms with Gasteiger partial charge in [-0.2, -0.15) is 0 Å². The summed E-state index contributed by atoms with van der Waals surface area (Å²) in [5.41, 5.74) is 0. The molecule has 0 aromatic carbocycles. The second-order valence-electron chi connectivity index (χ2n) is 21.6. The van der Waals surface area contributed by atoms with Crippen LogP contribution in [0.3, 0.4) is 0 Å². The average molecular weight is 1070 g/mol. The predicted molar refractivity (Wildman–Crippen MR) is 334 cm³/mol. The van der Waals surface area contributed by atoms with Crippen LogP contribution in [0.4, 0.5) is 0 Å². The van der Waals surface area contributed by atoms with Gasteiger partial charge in [0.25, 0.3) is 0 Å². The van der Waals surface area contributed by atoms with Crippen molar-refractivity contribution in [1.82, 2.24) is 0 Å². The number of carbonyl (C=O) groups is 3. The lowest BCUT2D eigenvalue weighted by Crippen LogP contribution is -2.30. The van der Waals surface area contributed by atoms with Crippen LogP contribution in [0.5, 0.6) is 0 Å². The largest absolute Gasteiger partial charge is 0.462 e. The molecule has 1 atom stereocenters. The van der Waals surface area contributed by atoms with E-state index in [0.29, 0.717) is 19.3 Å². The molecule has 0 saturated carbocycles. The summed E-state index contributed by atoms with van der Waals surface area (Å²) in [6.45, 7) is 6.50. The molecule has 0 amide bonds. The topological polar surface area (TPSA) is 78.9 Å². The van der Waals surface area contributed by atoms with Crippen LogP contribution in [0.15, 0.2) is 97.2 Å². The van der Waals surface area contributed by atoms with Crippen LogP contribution in [0, 0.1) is 0 Å². The number of carbonyl (C=O) groups excluding carboxylic acids is 3. The molecule has 1 unspecified atom stereocenters. The smallest absolute Gasteiger partial charge is 0.306 e. The van der Waals surface area contributed by atoms with E-state index < -0.39 is 6.10 Å². The highest BCUT2D eigenvalue weighted by atomic mass is 16.6. The van der Waals surface area contributed by atoms with Gasteiger partial charge in [0.2, 0.25) is 0 Å². The lowest BCUT2D eigenvalue weighted by molar-refractivity contribution is -0.167. The fourth-order valence-corrected chi connectivity index (χ4v) is 9.14. The summed E-state index contributed by atoms with van der Waals surface area (Å²) in [5, 5.41) is 0. The molecule has 0 aliphatic rings. The Morgan fingerprint density at radius 2 is 0.506 bits per heavy atom. The van der Waals surface area contributed by atoms with Crippen LogP contribution in [0.1, 0.15) is 316 Å². The highest BCUT2D eigenvalue weighted by Crippen LogP contribution is 2.16. The van der Waals surface area contributed by atoms with Gasteiger partial charge in [0.1, 0.15) is 13.2 Å². The van der Waals surface area contributed by atoms with E-state index in [1.165, 1.54) is 167 Å². The Balaban J connectivity index is 4.38. The molecule has 6 heteroatoms. The van der Waals surface area contributed by atoms with Crippen molar-refractivity contribution >= 4 is 17.9 Å². The van der Waals surface area contributed by atoms with Crippen molar-refractivity contribution in [1.29, 1.82) is 0 Å². The number of rotatable bonds is 59. The standard InChI is InChI=1S/C71H122O6/c1-4-7-10-13-16-19-22-25-28-30-32-34-35-37-38-40-43-46-49-52-55-58-61-64-70(73)76-67-68(66-75-69(72)63-60-57-54-51-48-45-42-27-24-21-18-15-12-9-6-3)77-71(74)65-62-59-56-53-50-47-44-41-39-36-33-31-29-26-23-20-17-14-11-8-5-2/h7,10,16,18-19,21,23,25-28,31-34,42,68H,4-6,8-9,11-15,17,20,22,24,29-30,35-41,43-67H2,1-3H3/b10-7-,19-16-,21-18-,26-23-,28-25-,33-31-,34-32-,42-27-. The van der Waals surface area contributed by atoms with Crippen LogP contribution in [-0.2, 0) is 28.6 Å². The van der Waals surface area contributed by atoms with Gasteiger partial charge in [-0.3, -0.25) is 14.4 Å². The van der Waals surface area contributed by atoms with Crippen LogP contribution in [-0.4, -0.2) is 37.2 Å². The van der Waals surface area contributed by atoms with E-state index in [-0.39, 0.29) is 31.1 Å². The molecule has 0 aliphatic heterocycles. The third-order valence-electron chi connectivity index (χ3n) is 14.0. The molecule has 77 heavy (non-hydrogen) atoms. The van der Waals surface area contributed by atoms with Crippen LogP contribution in [0.2, 0.25) is 0 Å². The molecule has 6 nitrogen and oxygen atoms in total. The zero-order valence-electron chi connectivity index (χ0n) is 50.7. The molecule has 442 valence electrons. The first kappa shape index (κ1) is 73.3. The van der Waals surface area contributed by atoms with Gasteiger partial charge in [-0.05, 0) is 122 Å².